The number of nitrogens with zero attached hydrogens (tertiary/aromatic N) is 1. The van der Waals surface area contributed by atoms with E-state index in [4.69, 9.17) is 11.6 Å². The molecule has 1 aromatic carbocycles. The summed E-state index contributed by atoms with van der Waals surface area (Å²) in [4.78, 5) is 4.06. The average molecular weight is 441 g/mol. The van der Waals surface area contributed by atoms with Crippen LogP contribution in [0, 0.1) is 6.92 Å². The molecule has 20 heavy (non-hydrogen) atoms. The van der Waals surface area contributed by atoms with Gasteiger partial charge in [0, 0.05) is 8.95 Å². The number of halogens is 3. The van der Waals surface area contributed by atoms with Crippen LogP contribution >= 0.6 is 43.5 Å². The van der Waals surface area contributed by atoms with Crippen molar-refractivity contribution in [3.05, 3.63) is 50.1 Å². The lowest BCUT2D eigenvalue weighted by atomic mass is 10.3. The third-order valence-electron chi connectivity index (χ3n) is 2.45. The number of benzene rings is 1. The Balaban J connectivity index is 2.38. The fraction of sp³-hybridized carbons (Fsp3) is 0.0833. The topological polar surface area (TPSA) is 59.1 Å². The number of rotatable bonds is 3. The van der Waals surface area contributed by atoms with E-state index in [1.165, 1.54) is 12.3 Å². The maximum absolute atomic E-state index is 12.3. The van der Waals surface area contributed by atoms with Crippen LogP contribution in [0.15, 0.2) is 44.3 Å². The molecular weight excluding hydrogens is 431 g/mol. The number of aryl methyl sites for hydroxylation is 1. The lowest BCUT2D eigenvalue weighted by Gasteiger charge is -2.10. The Morgan fingerprint density at radius 3 is 2.55 bits per heavy atom. The second kappa shape index (κ2) is 6.01. The van der Waals surface area contributed by atoms with Crippen LogP contribution in [0.5, 0.6) is 0 Å². The van der Waals surface area contributed by atoms with Crippen LogP contribution in [-0.2, 0) is 10.0 Å². The van der Waals surface area contributed by atoms with Crippen LogP contribution in [0.2, 0.25) is 5.15 Å². The van der Waals surface area contributed by atoms with Gasteiger partial charge in [-0.1, -0.05) is 27.5 Å². The highest BCUT2D eigenvalue weighted by molar-refractivity contribution is 9.11. The second-order valence-corrected chi connectivity index (χ2v) is 7.79. The Morgan fingerprint density at radius 2 is 1.95 bits per heavy atom. The molecule has 8 heteroatoms. The smallest absolute Gasteiger partial charge is 0.263 e. The first-order valence-corrected chi connectivity index (χ1v) is 8.84. The van der Waals surface area contributed by atoms with Crippen molar-refractivity contribution in [2.45, 2.75) is 11.8 Å². The fourth-order valence-electron chi connectivity index (χ4n) is 1.52. The summed E-state index contributed by atoms with van der Waals surface area (Å²) in [6.07, 6.45) is 1.37. The zero-order valence-electron chi connectivity index (χ0n) is 10.2. The monoisotopic (exact) mass is 438 g/mol. The maximum atomic E-state index is 12.3. The summed E-state index contributed by atoms with van der Waals surface area (Å²) < 4.78 is 28.3. The lowest BCUT2D eigenvalue weighted by Crippen LogP contribution is -2.13. The largest absolute Gasteiger partial charge is 0.278 e. The number of pyridine rings is 1. The van der Waals surface area contributed by atoms with E-state index in [9.17, 15) is 8.42 Å². The molecule has 2 aromatic rings. The first-order valence-electron chi connectivity index (χ1n) is 5.39. The SMILES string of the molecule is Cc1cc(NS(=O)(=O)c2ccc(Br)cc2Br)cnc1Cl. The minimum atomic E-state index is -3.69. The van der Waals surface area contributed by atoms with Crippen molar-refractivity contribution in [2.24, 2.45) is 0 Å². The normalized spacial score (nSPS) is 11.4. The maximum Gasteiger partial charge on any atom is 0.263 e. The van der Waals surface area contributed by atoms with Crippen molar-refractivity contribution in [1.29, 1.82) is 0 Å². The Labute approximate surface area is 138 Å². The molecule has 1 aromatic heterocycles. The van der Waals surface area contributed by atoms with Gasteiger partial charge in [0.1, 0.15) is 10.0 Å². The van der Waals surface area contributed by atoms with Crippen molar-refractivity contribution < 1.29 is 8.42 Å². The molecule has 2 rings (SSSR count). The summed E-state index contributed by atoms with van der Waals surface area (Å²) in [6, 6.07) is 6.46. The first-order chi connectivity index (χ1) is 9.29. The lowest BCUT2D eigenvalue weighted by molar-refractivity contribution is 0.600. The van der Waals surface area contributed by atoms with Crippen LogP contribution in [0.4, 0.5) is 5.69 Å². The van der Waals surface area contributed by atoms with E-state index >= 15 is 0 Å². The molecule has 0 fully saturated rings. The molecule has 0 bridgehead atoms. The molecule has 1 heterocycles. The van der Waals surface area contributed by atoms with Gasteiger partial charge in [0.15, 0.2) is 0 Å². The molecular formula is C12H9Br2ClN2O2S. The molecule has 0 radical (unpaired) electrons. The molecule has 0 atom stereocenters. The van der Waals surface area contributed by atoms with Gasteiger partial charge in [0.2, 0.25) is 0 Å². The molecule has 0 spiro atoms. The summed E-state index contributed by atoms with van der Waals surface area (Å²) in [5, 5.41) is 0.345. The highest BCUT2D eigenvalue weighted by atomic mass is 79.9. The second-order valence-electron chi connectivity index (χ2n) is 4.01. The Kier molecular flexibility index (Phi) is 4.73. The van der Waals surface area contributed by atoms with E-state index in [0.717, 1.165) is 4.47 Å². The van der Waals surface area contributed by atoms with Crippen molar-refractivity contribution in [2.75, 3.05) is 4.72 Å². The highest BCUT2D eigenvalue weighted by Crippen LogP contribution is 2.27. The van der Waals surface area contributed by atoms with Crippen LogP contribution < -0.4 is 4.72 Å². The van der Waals surface area contributed by atoms with E-state index in [0.29, 0.717) is 20.9 Å². The van der Waals surface area contributed by atoms with Crippen molar-refractivity contribution in [3.8, 4) is 0 Å². The number of aromatic nitrogens is 1. The third-order valence-corrected chi connectivity index (χ3v) is 5.70. The van der Waals surface area contributed by atoms with Crippen molar-refractivity contribution in [1.82, 2.24) is 4.98 Å². The van der Waals surface area contributed by atoms with Crippen LogP contribution in [0.1, 0.15) is 5.56 Å². The summed E-state index contributed by atoms with van der Waals surface area (Å²) >= 11 is 12.3. The molecule has 0 aliphatic rings. The van der Waals surface area contributed by atoms with Gasteiger partial charge in [-0.2, -0.15) is 0 Å². The van der Waals surface area contributed by atoms with E-state index in [1.807, 2.05) is 0 Å². The summed E-state index contributed by atoms with van der Waals surface area (Å²) in [7, 11) is -3.69. The minimum absolute atomic E-state index is 0.147. The number of hydrogen-bond donors (Lipinski definition) is 1. The van der Waals surface area contributed by atoms with Gasteiger partial charge in [-0.25, -0.2) is 13.4 Å². The van der Waals surface area contributed by atoms with Gasteiger partial charge < -0.3 is 0 Å². The number of anilines is 1. The Bertz CT molecular complexity index is 766. The van der Waals surface area contributed by atoms with Crippen LogP contribution in [-0.4, -0.2) is 13.4 Å². The molecule has 0 aliphatic carbocycles. The van der Waals surface area contributed by atoms with E-state index in [1.54, 1.807) is 25.1 Å². The van der Waals surface area contributed by atoms with Crippen LogP contribution in [0.3, 0.4) is 0 Å². The van der Waals surface area contributed by atoms with Crippen molar-refractivity contribution >= 4 is 59.2 Å². The fourth-order valence-corrected chi connectivity index (χ4v) is 4.40. The third kappa shape index (κ3) is 3.52. The Hall–Kier alpha value is -0.630. The number of nitrogens with one attached hydrogen (secondary N) is 1. The standard InChI is InChI=1S/C12H9Br2ClN2O2S/c1-7-4-9(6-16-12(7)15)17-20(18,19)11-3-2-8(13)5-10(11)14/h2-6,17H,1H3. The summed E-state index contributed by atoms with van der Waals surface area (Å²) in [5.74, 6) is 0. The number of sulfonamides is 1. The molecule has 106 valence electrons. The van der Waals surface area contributed by atoms with Gasteiger partial charge in [-0.05, 0) is 52.7 Å². The molecule has 4 nitrogen and oxygen atoms in total. The molecule has 0 amide bonds. The minimum Gasteiger partial charge on any atom is -0.278 e. The average Bonchev–Trinajstić information content (AvgIpc) is 2.33. The first kappa shape index (κ1) is 15.8. The highest BCUT2D eigenvalue weighted by Gasteiger charge is 2.18. The van der Waals surface area contributed by atoms with Gasteiger partial charge in [0.05, 0.1) is 11.9 Å². The van der Waals surface area contributed by atoms with E-state index in [-0.39, 0.29) is 4.90 Å². The van der Waals surface area contributed by atoms with Crippen molar-refractivity contribution in [3.63, 3.8) is 0 Å². The molecule has 0 saturated carbocycles. The molecule has 0 unspecified atom stereocenters. The summed E-state index contributed by atoms with van der Waals surface area (Å²) in [5.41, 5.74) is 1.06. The van der Waals surface area contributed by atoms with Gasteiger partial charge in [0.25, 0.3) is 10.0 Å². The van der Waals surface area contributed by atoms with Gasteiger partial charge in [-0.3, -0.25) is 4.72 Å². The molecule has 0 saturated heterocycles. The quantitative estimate of drug-likeness (QED) is 0.721. The molecule has 1 N–H and O–H groups in total. The van der Waals surface area contributed by atoms with E-state index in [2.05, 4.69) is 41.6 Å². The van der Waals surface area contributed by atoms with Gasteiger partial charge in [-0.15, -0.1) is 0 Å². The predicted octanol–water partition coefficient (Wildman–Crippen LogP) is 4.37. The Morgan fingerprint density at radius 1 is 1.25 bits per heavy atom. The van der Waals surface area contributed by atoms with Crippen LogP contribution in [0.25, 0.3) is 0 Å². The molecule has 0 aliphatic heterocycles. The summed E-state index contributed by atoms with van der Waals surface area (Å²) in [6.45, 7) is 1.75. The predicted molar refractivity (Wildman–Crippen MR) is 86.6 cm³/mol. The zero-order chi connectivity index (χ0) is 14.9. The number of hydrogen-bond acceptors (Lipinski definition) is 3. The zero-order valence-corrected chi connectivity index (χ0v) is 14.9. The van der Waals surface area contributed by atoms with E-state index < -0.39 is 10.0 Å². The van der Waals surface area contributed by atoms with Gasteiger partial charge >= 0.3 is 0 Å².